The van der Waals surface area contributed by atoms with Crippen LogP contribution >= 0.6 is 11.3 Å². The molecular formula is C21H27NO2S2. The van der Waals surface area contributed by atoms with Crippen molar-refractivity contribution in [2.75, 3.05) is 4.31 Å². The maximum atomic E-state index is 12.8. The quantitative estimate of drug-likeness (QED) is 0.523. The van der Waals surface area contributed by atoms with Crippen molar-refractivity contribution in [2.45, 2.75) is 70.6 Å². The first-order chi connectivity index (χ1) is 12.5. The fourth-order valence-corrected chi connectivity index (χ4v) is 6.26. The Morgan fingerprint density at radius 1 is 0.962 bits per heavy atom. The zero-order valence-electron chi connectivity index (χ0n) is 15.8. The van der Waals surface area contributed by atoms with Crippen LogP contribution in [0.5, 0.6) is 0 Å². The van der Waals surface area contributed by atoms with Gasteiger partial charge >= 0.3 is 0 Å². The summed E-state index contributed by atoms with van der Waals surface area (Å²) in [7, 11) is -1.43. The molecule has 2 heterocycles. The van der Waals surface area contributed by atoms with Gasteiger partial charge in [-0.25, -0.2) is 8.51 Å². The average molecular weight is 390 g/mol. The summed E-state index contributed by atoms with van der Waals surface area (Å²) >= 11 is 1.55. The molecule has 0 bridgehead atoms. The predicted octanol–water partition coefficient (Wildman–Crippen LogP) is 5.95. The van der Waals surface area contributed by atoms with E-state index in [4.69, 9.17) is 0 Å². The molecule has 0 spiro atoms. The highest BCUT2D eigenvalue weighted by Gasteiger charge is 2.39. The van der Waals surface area contributed by atoms with Crippen molar-refractivity contribution in [3.8, 4) is 0 Å². The van der Waals surface area contributed by atoms with Crippen LogP contribution in [0.15, 0.2) is 29.2 Å². The minimum Gasteiger partial charge on any atom is -0.268 e. The van der Waals surface area contributed by atoms with Gasteiger partial charge in [0, 0.05) is 9.75 Å². The largest absolute Gasteiger partial charge is 0.272 e. The third-order valence-corrected chi connectivity index (χ3v) is 7.65. The van der Waals surface area contributed by atoms with Crippen LogP contribution in [-0.2, 0) is 17.4 Å². The van der Waals surface area contributed by atoms with Crippen molar-refractivity contribution in [1.29, 1.82) is 0 Å². The first-order valence-electron chi connectivity index (χ1n) is 9.49. The molecule has 1 unspecified atom stereocenters. The third-order valence-electron chi connectivity index (χ3n) is 4.93. The fraction of sp³-hybridized carbons (Fsp3) is 0.476. The van der Waals surface area contributed by atoms with Crippen molar-refractivity contribution in [1.82, 2.24) is 0 Å². The SMILES string of the molecule is CCCCCCCCc1ccc(N2C(=O)c3c(C)sc(C)c3S2=O)cc1. The molecule has 1 aliphatic rings. The molecule has 1 atom stereocenters. The number of thiophene rings is 1. The lowest BCUT2D eigenvalue weighted by atomic mass is 10.0. The number of amides is 1. The van der Waals surface area contributed by atoms with Crippen LogP contribution < -0.4 is 4.31 Å². The molecule has 0 radical (unpaired) electrons. The van der Waals surface area contributed by atoms with Gasteiger partial charge in [-0.2, -0.15) is 0 Å². The van der Waals surface area contributed by atoms with E-state index in [1.165, 1.54) is 48.4 Å². The number of nitrogens with zero attached hydrogens (tertiary/aromatic N) is 1. The second-order valence-corrected chi connectivity index (χ2v) is 9.65. The van der Waals surface area contributed by atoms with Gasteiger partial charge in [-0.3, -0.25) is 4.79 Å². The molecular weight excluding hydrogens is 362 g/mol. The van der Waals surface area contributed by atoms with Gasteiger partial charge in [-0.1, -0.05) is 51.2 Å². The van der Waals surface area contributed by atoms with Gasteiger partial charge in [0.05, 0.1) is 16.1 Å². The average Bonchev–Trinajstić information content (AvgIpc) is 3.07. The van der Waals surface area contributed by atoms with Crippen molar-refractivity contribution in [3.05, 3.63) is 45.1 Å². The van der Waals surface area contributed by atoms with Gasteiger partial charge < -0.3 is 0 Å². The van der Waals surface area contributed by atoms with Crippen LogP contribution in [0.1, 0.15) is 71.1 Å². The summed E-state index contributed by atoms with van der Waals surface area (Å²) in [6, 6.07) is 8.00. The molecule has 0 saturated heterocycles. The molecule has 1 aromatic heterocycles. The van der Waals surface area contributed by atoms with E-state index in [1.807, 2.05) is 26.0 Å². The summed E-state index contributed by atoms with van der Waals surface area (Å²) in [5.41, 5.74) is 2.64. The molecule has 26 heavy (non-hydrogen) atoms. The second-order valence-electron chi connectivity index (χ2n) is 6.95. The number of rotatable bonds is 8. The molecule has 0 aliphatic carbocycles. The van der Waals surface area contributed by atoms with Crippen molar-refractivity contribution < 1.29 is 9.00 Å². The first kappa shape index (κ1) is 19.3. The van der Waals surface area contributed by atoms with E-state index in [2.05, 4.69) is 19.1 Å². The molecule has 1 amide bonds. The van der Waals surface area contributed by atoms with Crippen molar-refractivity contribution >= 4 is 33.9 Å². The highest BCUT2D eigenvalue weighted by Crippen LogP contribution is 2.39. The number of carbonyl (C=O) groups is 1. The summed E-state index contributed by atoms with van der Waals surface area (Å²) in [5.74, 6) is -0.135. The van der Waals surface area contributed by atoms with E-state index in [9.17, 15) is 9.00 Å². The number of aryl methyl sites for hydroxylation is 3. The topological polar surface area (TPSA) is 37.4 Å². The van der Waals surface area contributed by atoms with Crippen LogP contribution in [0.2, 0.25) is 0 Å². The Morgan fingerprint density at radius 3 is 2.27 bits per heavy atom. The minimum absolute atomic E-state index is 0.135. The number of carbonyl (C=O) groups excluding carboxylic acids is 1. The zero-order valence-corrected chi connectivity index (χ0v) is 17.5. The molecule has 140 valence electrons. The molecule has 0 fully saturated rings. The first-order valence-corrected chi connectivity index (χ1v) is 11.4. The Hall–Kier alpha value is -1.46. The summed E-state index contributed by atoms with van der Waals surface area (Å²) in [4.78, 5) is 15.4. The summed E-state index contributed by atoms with van der Waals surface area (Å²) in [5, 5.41) is 0. The van der Waals surface area contributed by atoms with E-state index >= 15 is 0 Å². The standard InChI is InChI=1S/C21H27NO2S2/c1-4-5-6-7-8-9-10-17-11-13-18(14-12-17)22-21(23)19-15(2)25-16(3)20(19)26(22)24/h11-14H,4-10H2,1-3H3. The number of hydrogen-bond donors (Lipinski definition) is 0. The monoisotopic (exact) mass is 389 g/mol. The Kier molecular flexibility index (Phi) is 6.30. The van der Waals surface area contributed by atoms with Gasteiger partial charge in [0.2, 0.25) is 0 Å². The van der Waals surface area contributed by atoms with Gasteiger partial charge in [0.1, 0.15) is 0 Å². The Balaban J connectivity index is 1.63. The van der Waals surface area contributed by atoms with Crippen LogP contribution in [0, 0.1) is 13.8 Å². The summed E-state index contributed by atoms with van der Waals surface area (Å²) < 4.78 is 14.3. The molecule has 1 aromatic carbocycles. The smallest absolute Gasteiger partial charge is 0.268 e. The van der Waals surface area contributed by atoms with Gasteiger partial charge in [0.15, 0.2) is 11.0 Å². The van der Waals surface area contributed by atoms with E-state index in [0.29, 0.717) is 10.5 Å². The number of benzene rings is 1. The fourth-order valence-electron chi connectivity index (χ4n) is 3.51. The maximum Gasteiger partial charge on any atom is 0.272 e. The van der Waals surface area contributed by atoms with Crippen LogP contribution in [0.3, 0.4) is 0 Å². The van der Waals surface area contributed by atoms with E-state index < -0.39 is 11.0 Å². The lowest BCUT2D eigenvalue weighted by Gasteiger charge is -2.15. The van der Waals surface area contributed by atoms with E-state index in [-0.39, 0.29) is 5.91 Å². The van der Waals surface area contributed by atoms with Crippen LogP contribution in [0.25, 0.3) is 0 Å². The summed E-state index contributed by atoms with van der Waals surface area (Å²) in [6.07, 6.45) is 8.80. The van der Waals surface area contributed by atoms with Gasteiger partial charge in [-0.05, 0) is 44.4 Å². The van der Waals surface area contributed by atoms with Crippen LogP contribution in [0.4, 0.5) is 5.69 Å². The molecule has 5 heteroatoms. The second kappa shape index (κ2) is 8.49. The van der Waals surface area contributed by atoms with Crippen molar-refractivity contribution in [2.24, 2.45) is 0 Å². The van der Waals surface area contributed by atoms with E-state index in [1.54, 1.807) is 11.3 Å². The highest BCUT2D eigenvalue weighted by molar-refractivity contribution is 7.88. The van der Waals surface area contributed by atoms with Crippen molar-refractivity contribution in [3.63, 3.8) is 0 Å². The van der Waals surface area contributed by atoms with Gasteiger partial charge in [-0.15, -0.1) is 11.3 Å². The number of hydrogen-bond acceptors (Lipinski definition) is 3. The number of unbranched alkanes of at least 4 members (excludes halogenated alkanes) is 5. The zero-order chi connectivity index (χ0) is 18.7. The molecule has 0 N–H and O–H groups in total. The lowest BCUT2D eigenvalue weighted by molar-refractivity contribution is 0.101. The highest BCUT2D eigenvalue weighted by atomic mass is 32.2. The predicted molar refractivity (Wildman–Crippen MR) is 111 cm³/mol. The van der Waals surface area contributed by atoms with E-state index in [0.717, 1.165) is 21.9 Å². The number of fused-ring (bicyclic) bond motifs is 1. The molecule has 0 saturated carbocycles. The molecule has 1 aliphatic heterocycles. The Morgan fingerprint density at radius 2 is 1.62 bits per heavy atom. The molecule has 3 nitrogen and oxygen atoms in total. The Labute approximate surface area is 163 Å². The Bertz CT molecular complexity index is 772. The summed E-state index contributed by atoms with van der Waals surface area (Å²) in [6.45, 7) is 6.11. The molecule has 3 rings (SSSR count). The maximum absolute atomic E-state index is 12.8. The third kappa shape index (κ3) is 3.79. The lowest BCUT2D eigenvalue weighted by Crippen LogP contribution is -2.26. The normalized spacial score (nSPS) is 16.3. The van der Waals surface area contributed by atoms with Gasteiger partial charge in [0.25, 0.3) is 5.91 Å². The number of anilines is 1. The molecule has 2 aromatic rings. The minimum atomic E-state index is -1.43. The van der Waals surface area contributed by atoms with Crippen LogP contribution in [-0.4, -0.2) is 10.1 Å².